The maximum absolute atomic E-state index is 14.0. The Bertz CT molecular complexity index is 1580. The minimum atomic E-state index is -0.729. The largest absolute Gasteiger partial charge is 0.458 e. The number of carbonyl (C=O) groups is 2. The number of allylic oxidation sites excluding steroid dienone is 1. The third-order valence-corrected chi connectivity index (χ3v) is 7.18. The molecule has 1 atom stereocenters. The molecule has 0 saturated heterocycles. The van der Waals surface area contributed by atoms with Gasteiger partial charge in [0.25, 0.3) is 11.5 Å². The number of carbonyl (C=O) groups excluding carboxylic acids is 2. The summed E-state index contributed by atoms with van der Waals surface area (Å²) in [5.74, 6) is -0.769. The summed E-state index contributed by atoms with van der Waals surface area (Å²) in [6.45, 7) is 7.77. The molecule has 7 nitrogen and oxygen atoms in total. The Morgan fingerprint density at radius 2 is 1.86 bits per heavy atom. The molecule has 2 aliphatic heterocycles. The van der Waals surface area contributed by atoms with Crippen LogP contribution in [-0.2, 0) is 14.3 Å². The SMILES string of the molecule is C=CCOC(=O)C1=C(C)N=c2s/c(=C3\C(=O)N(CC)c4ccccc43)c(=O)n2[C@H]1c1ccccc1. The predicted molar refractivity (Wildman–Crippen MR) is 135 cm³/mol. The van der Waals surface area contributed by atoms with E-state index in [-0.39, 0.29) is 23.6 Å². The molecule has 0 aliphatic carbocycles. The Kier molecular flexibility index (Phi) is 5.82. The van der Waals surface area contributed by atoms with Crippen LogP contribution in [0.15, 0.2) is 88.3 Å². The Balaban J connectivity index is 1.80. The fourth-order valence-electron chi connectivity index (χ4n) is 4.61. The van der Waals surface area contributed by atoms with Gasteiger partial charge in [0.2, 0.25) is 0 Å². The molecule has 0 unspecified atom stereocenters. The summed E-state index contributed by atoms with van der Waals surface area (Å²) in [6.07, 6.45) is 1.49. The van der Waals surface area contributed by atoms with E-state index in [4.69, 9.17) is 4.74 Å². The molecule has 0 bridgehead atoms. The molecule has 0 fully saturated rings. The summed E-state index contributed by atoms with van der Waals surface area (Å²) in [7, 11) is 0. The zero-order valence-electron chi connectivity index (χ0n) is 19.4. The highest BCUT2D eigenvalue weighted by molar-refractivity contribution is 7.07. The van der Waals surface area contributed by atoms with Crippen molar-refractivity contribution in [2.24, 2.45) is 4.99 Å². The van der Waals surface area contributed by atoms with Crippen molar-refractivity contribution in [2.45, 2.75) is 19.9 Å². The maximum atomic E-state index is 14.0. The number of benzene rings is 2. The summed E-state index contributed by atoms with van der Waals surface area (Å²) in [5, 5.41) is 0. The van der Waals surface area contributed by atoms with Gasteiger partial charge in [-0.2, -0.15) is 0 Å². The molecule has 176 valence electrons. The van der Waals surface area contributed by atoms with Gasteiger partial charge in [-0.1, -0.05) is 72.5 Å². The van der Waals surface area contributed by atoms with Crippen LogP contribution >= 0.6 is 11.3 Å². The van der Waals surface area contributed by atoms with Gasteiger partial charge in [0.15, 0.2) is 4.80 Å². The predicted octanol–water partition coefficient (Wildman–Crippen LogP) is 2.70. The molecule has 3 aromatic rings. The number of nitrogens with zero attached hydrogens (tertiary/aromatic N) is 3. The van der Waals surface area contributed by atoms with E-state index in [9.17, 15) is 14.4 Å². The average Bonchev–Trinajstić information content (AvgIpc) is 3.34. The maximum Gasteiger partial charge on any atom is 0.338 e. The van der Waals surface area contributed by atoms with Gasteiger partial charge in [0.1, 0.15) is 11.1 Å². The standard InChI is InChI=1S/C27H23N3O4S/c1-4-15-34-26(33)20-16(3)28-27-30(22(20)17-11-7-6-8-12-17)25(32)23(35-27)21-18-13-9-10-14-19(18)29(5-2)24(21)31/h4,6-14,22H,1,5,15H2,2-3H3/b23-21-/t22-/m0/s1. The van der Waals surface area contributed by atoms with Crippen LogP contribution < -0.4 is 19.8 Å². The van der Waals surface area contributed by atoms with E-state index >= 15 is 0 Å². The van der Waals surface area contributed by atoms with Crippen LogP contribution in [0.3, 0.4) is 0 Å². The molecule has 0 N–H and O–H groups in total. The number of fused-ring (bicyclic) bond motifs is 2. The lowest BCUT2D eigenvalue weighted by atomic mass is 9.96. The number of esters is 1. The lowest BCUT2D eigenvalue weighted by Gasteiger charge is -2.24. The number of thiazole rings is 1. The van der Waals surface area contributed by atoms with E-state index in [1.54, 1.807) is 11.8 Å². The van der Waals surface area contributed by atoms with Gasteiger partial charge in [-0.15, -0.1) is 0 Å². The molecular weight excluding hydrogens is 462 g/mol. The second kappa shape index (κ2) is 8.96. The van der Waals surface area contributed by atoms with Gasteiger partial charge in [0.05, 0.1) is 28.6 Å². The number of aromatic nitrogens is 1. The first-order chi connectivity index (χ1) is 17.0. The lowest BCUT2D eigenvalue weighted by Crippen LogP contribution is -2.41. The van der Waals surface area contributed by atoms with Crippen molar-refractivity contribution in [3.05, 3.63) is 109 Å². The fourth-order valence-corrected chi connectivity index (χ4v) is 5.75. The van der Waals surface area contributed by atoms with Crippen LogP contribution in [-0.4, -0.2) is 29.6 Å². The summed E-state index contributed by atoms with van der Waals surface area (Å²) in [6, 6.07) is 16.0. The number of amides is 1. The molecule has 3 heterocycles. The van der Waals surface area contributed by atoms with E-state index in [2.05, 4.69) is 11.6 Å². The molecule has 1 aromatic heterocycles. The van der Waals surface area contributed by atoms with Crippen LogP contribution in [0.4, 0.5) is 5.69 Å². The van der Waals surface area contributed by atoms with Crippen LogP contribution in [0.2, 0.25) is 0 Å². The Morgan fingerprint density at radius 1 is 1.14 bits per heavy atom. The van der Waals surface area contributed by atoms with Crippen LogP contribution in [0.1, 0.15) is 31.0 Å². The van der Waals surface area contributed by atoms with Crippen molar-refractivity contribution in [3.63, 3.8) is 0 Å². The third kappa shape index (κ3) is 3.57. The third-order valence-electron chi connectivity index (χ3n) is 6.13. The van der Waals surface area contributed by atoms with Crippen LogP contribution in [0.5, 0.6) is 0 Å². The second-order valence-corrected chi connectivity index (χ2v) is 9.12. The van der Waals surface area contributed by atoms with Gasteiger partial charge >= 0.3 is 5.97 Å². The first-order valence-corrected chi connectivity index (χ1v) is 12.1. The van der Waals surface area contributed by atoms with Gasteiger partial charge in [-0.05, 0) is 25.5 Å². The Labute approximate surface area is 205 Å². The molecule has 1 amide bonds. The highest BCUT2D eigenvalue weighted by Crippen LogP contribution is 2.35. The average molecular weight is 486 g/mol. The molecule has 0 saturated carbocycles. The van der Waals surface area contributed by atoms with Crippen molar-refractivity contribution in [1.82, 2.24) is 4.57 Å². The molecule has 2 aromatic carbocycles. The highest BCUT2D eigenvalue weighted by atomic mass is 32.1. The van der Waals surface area contributed by atoms with Gasteiger partial charge < -0.3 is 9.64 Å². The topological polar surface area (TPSA) is 81.0 Å². The van der Waals surface area contributed by atoms with E-state index < -0.39 is 12.0 Å². The minimum Gasteiger partial charge on any atom is -0.458 e. The monoisotopic (exact) mass is 485 g/mol. The smallest absolute Gasteiger partial charge is 0.338 e. The highest BCUT2D eigenvalue weighted by Gasteiger charge is 2.36. The molecule has 8 heteroatoms. The van der Waals surface area contributed by atoms with Gasteiger partial charge in [-0.25, -0.2) is 9.79 Å². The van der Waals surface area contributed by atoms with Crippen molar-refractivity contribution in [2.75, 3.05) is 18.1 Å². The normalized spacial score (nSPS) is 18.2. The first kappa shape index (κ1) is 22.7. The van der Waals surface area contributed by atoms with Crippen molar-refractivity contribution in [1.29, 1.82) is 0 Å². The number of anilines is 1. The van der Waals surface area contributed by atoms with E-state index in [0.717, 1.165) is 16.8 Å². The molecule has 0 spiro atoms. The van der Waals surface area contributed by atoms with E-state index in [0.29, 0.717) is 27.1 Å². The molecule has 0 radical (unpaired) electrons. The van der Waals surface area contributed by atoms with Gasteiger partial charge in [0, 0.05) is 12.1 Å². The fraction of sp³-hybridized carbons (Fsp3) is 0.185. The summed E-state index contributed by atoms with van der Waals surface area (Å²) in [4.78, 5) is 47.1. The molecule has 35 heavy (non-hydrogen) atoms. The van der Waals surface area contributed by atoms with Crippen molar-refractivity contribution >= 4 is 34.5 Å². The number of likely N-dealkylation sites (N-methyl/N-ethyl adjacent to an activating group) is 1. The number of ether oxygens (including phenoxy) is 1. The Hall–Kier alpha value is -4.04. The number of rotatable bonds is 5. The molecule has 2 aliphatic rings. The zero-order chi connectivity index (χ0) is 24.7. The summed E-state index contributed by atoms with van der Waals surface area (Å²) in [5.41, 5.74) is 3.02. The van der Waals surface area contributed by atoms with Crippen molar-refractivity contribution in [3.8, 4) is 0 Å². The zero-order valence-corrected chi connectivity index (χ0v) is 20.2. The lowest BCUT2D eigenvalue weighted by molar-refractivity contribution is -0.138. The minimum absolute atomic E-state index is 0.0455. The number of para-hydroxylation sites is 1. The van der Waals surface area contributed by atoms with Crippen LogP contribution in [0.25, 0.3) is 5.57 Å². The number of hydrogen-bond donors (Lipinski definition) is 0. The summed E-state index contributed by atoms with van der Waals surface area (Å²) >= 11 is 1.17. The number of hydrogen-bond acceptors (Lipinski definition) is 6. The van der Waals surface area contributed by atoms with Crippen LogP contribution in [0, 0.1) is 0 Å². The van der Waals surface area contributed by atoms with Gasteiger partial charge in [-0.3, -0.25) is 14.2 Å². The Morgan fingerprint density at radius 3 is 2.57 bits per heavy atom. The summed E-state index contributed by atoms with van der Waals surface area (Å²) < 4.78 is 7.17. The van der Waals surface area contributed by atoms with E-state index in [1.165, 1.54) is 22.0 Å². The first-order valence-electron chi connectivity index (χ1n) is 11.3. The van der Waals surface area contributed by atoms with E-state index in [1.807, 2.05) is 61.5 Å². The molecular formula is C27H23N3O4S. The quantitative estimate of drug-likeness (QED) is 0.411. The second-order valence-electron chi connectivity index (χ2n) is 8.14. The van der Waals surface area contributed by atoms with Crippen molar-refractivity contribution < 1.29 is 14.3 Å². The molecule has 5 rings (SSSR count).